The Morgan fingerprint density at radius 3 is 1.89 bits per heavy atom. The summed E-state index contributed by atoms with van der Waals surface area (Å²) in [5.41, 5.74) is 0. The van der Waals surface area contributed by atoms with Gasteiger partial charge in [-0.05, 0) is 26.2 Å². The second-order valence-electron chi connectivity index (χ2n) is 5.04. The molecule has 0 bridgehead atoms. The highest BCUT2D eigenvalue weighted by atomic mass is 16.2. The Balaban J connectivity index is 4.01. The van der Waals surface area contributed by atoms with Gasteiger partial charge in [0, 0.05) is 13.1 Å². The molecule has 106 valence electrons. The van der Waals surface area contributed by atoms with E-state index in [0.29, 0.717) is 19.0 Å². The maximum atomic E-state index is 11.7. The Kier molecular flexibility index (Phi) is 8.37. The van der Waals surface area contributed by atoms with Crippen LogP contribution in [0.15, 0.2) is 0 Å². The third-order valence-corrected chi connectivity index (χ3v) is 2.52. The summed E-state index contributed by atoms with van der Waals surface area (Å²) in [5, 5.41) is 8.62. The predicted octanol–water partition coefficient (Wildman–Crippen LogP) is 0.651. The van der Waals surface area contributed by atoms with Gasteiger partial charge in [-0.15, -0.1) is 0 Å². The van der Waals surface area contributed by atoms with E-state index in [0.717, 1.165) is 6.42 Å². The number of amides is 2. The van der Waals surface area contributed by atoms with E-state index in [9.17, 15) is 9.59 Å². The van der Waals surface area contributed by atoms with Gasteiger partial charge in [0.05, 0.1) is 12.1 Å². The Labute approximate surface area is 110 Å². The summed E-state index contributed by atoms with van der Waals surface area (Å²) in [6.07, 6.45) is 0.906. The van der Waals surface area contributed by atoms with Crippen LogP contribution < -0.4 is 16.0 Å². The molecule has 0 saturated carbocycles. The molecule has 5 heteroatoms. The van der Waals surface area contributed by atoms with Crippen molar-refractivity contribution in [2.45, 2.75) is 53.1 Å². The van der Waals surface area contributed by atoms with Gasteiger partial charge < -0.3 is 10.6 Å². The van der Waals surface area contributed by atoms with E-state index < -0.39 is 0 Å². The van der Waals surface area contributed by atoms with Gasteiger partial charge in [0.25, 0.3) is 0 Å². The lowest BCUT2D eigenvalue weighted by atomic mass is 10.2. The van der Waals surface area contributed by atoms with Crippen LogP contribution in [-0.4, -0.2) is 37.0 Å². The molecule has 0 aliphatic heterocycles. The molecular formula is C13H27N3O2. The van der Waals surface area contributed by atoms with Crippen LogP contribution in [0.25, 0.3) is 0 Å². The van der Waals surface area contributed by atoms with E-state index in [2.05, 4.69) is 16.0 Å². The Bertz CT molecular complexity index is 267. The van der Waals surface area contributed by atoms with Crippen LogP contribution in [0.5, 0.6) is 0 Å². The van der Waals surface area contributed by atoms with Gasteiger partial charge in [0.15, 0.2) is 0 Å². The third kappa shape index (κ3) is 7.27. The monoisotopic (exact) mass is 257 g/mol. The normalized spacial score (nSPS) is 14.1. The molecule has 18 heavy (non-hydrogen) atoms. The molecule has 0 spiro atoms. The summed E-state index contributed by atoms with van der Waals surface area (Å²) in [6.45, 7) is 10.9. The highest BCUT2D eigenvalue weighted by Gasteiger charge is 2.19. The van der Waals surface area contributed by atoms with Gasteiger partial charge >= 0.3 is 0 Å². The van der Waals surface area contributed by atoms with Gasteiger partial charge in [-0.2, -0.15) is 0 Å². The van der Waals surface area contributed by atoms with Gasteiger partial charge in [-0.25, -0.2) is 0 Å². The summed E-state index contributed by atoms with van der Waals surface area (Å²) in [7, 11) is 0. The fraction of sp³-hybridized carbons (Fsp3) is 0.846. The van der Waals surface area contributed by atoms with Gasteiger partial charge in [0.2, 0.25) is 11.8 Å². The molecule has 2 atom stereocenters. The van der Waals surface area contributed by atoms with Crippen LogP contribution in [0.3, 0.4) is 0 Å². The number of carbonyl (C=O) groups excluding carboxylic acids is 2. The molecule has 2 unspecified atom stereocenters. The first-order valence-electron chi connectivity index (χ1n) is 6.69. The highest BCUT2D eigenvalue weighted by Crippen LogP contribution is 1.92. The number of rotatable bonds is 8. The number of carbonyl (C=O) groups is 2. The Hall–Kier alpha value is -1.10. The van der Waals surface area contributed by atoms with E-state index >= 15 is 0 Å². The van der Waals surface area contributed by atoms with Crippen molar-refractivity contribution in [3.05, 3.63) is 0 Å². The molecule has 2 amide bonds. The van der Waals surface area contributed by atoms with E-state index in [1.807, 2.05) is 20.8 Å². The lowest BCUT2D eigenvalue weighted by Gasteiger charge is -2.19. The van der Waals surface area contributed by atoms with Crippen LogP contribution in [0, 0.1) is 5.92 Å². The van der Waals surface area contributed by atoms with Crippen molar-refractivity contribution in [2.75, 3.05) is 13.1 Å². The largest absolute Gasteiger partial charge is 0.355 e. The molecule has 3 N–H and O–H groups in total. The molecular weight excluding hydrogens is 230 g/mol. The third-order valence-electron chi connectivity index (χ3n) is 2.52. The Morgan fingerprint density at radius 2 is 1.44 bits per heavy atom. The van der Waals surface area contributed by atoms with E-state index in [1.54, 1.807) is 13.8 Å². The maximum absolute atomic E-state index is 11.7. The number of hydrogen-bond donors (Lipinski definition) is 3. The predicted molar refractivity (Wildman–Crippen MR) is 73.2 cm³/mol. The molecule has 0 fully saturated rings. The van der Waals surface area contributed by atoms with Crippen LogP contribution in [0.1, 0.15) is 41.0 Å². The molecule has 0 rings (SSSR count). The minimum atomic E-state index is -0.369. The summed E-state index contributed by atoms with van der Waals surface area (Å²) in [4.78, 5) is 23.3. The van der Waals surface area contributed by atoms with Gasteiger partial charge in [-0.3, -0.25) is 14.9 Å². The fourth-order valence-corrected chi connectivity index (χ4v) is 1.39. The van der Waals surface area contributed by atoms with Crippen LogP contribution in [-0.2, 0) is 9.59 Å². The SMILES string of the molecule is CCCNC(=O)C(C)NC(C)C(=O)NCC(C)C. The smallest absolute Gasteiger partial charge is 0.236 e. The Morgan fingerprint density at radius 1 is 0.944 bits per heavy atom. The lowest BCUT2D eigenvalue weighted by Crippen LogP contribution is -2.51. The zero-order valence-corrected chi connectivity index (χ0v) is 12.2. The summed E-state index contributed by atoms with van der Waals surface area (Å²) < 4.78 is 0. The molecule has 0 radical (unpaired) electrons. The first-order valence-corrected chi connectivity index (χ1v) is 6.69. The van der Waals surface area contributed by atoms with Gasteiger partial charge in [0.1, 0.15) is 0 Å². The van der Waals surface area contributed by atoms with Crippen molar-refractivity contribution in [2.24, 2.45) is 5.92 Å². The fourth-order valence-electron chi connectivity index (χ4n) is 1.39. The second kappa shape index (κ2) is 8.91. The van der Waals surface area contributed by atoms with E-state index in [-0.39, 0.29) is 23.9 Å². The molecule has 0 aliphatic rings. The second-order valence-corrected chi connectivity index (χ2v) is 5.04. The van der Waals surface area contributed by atoms with E-state index in [4.69, 9.17) is 0 Å². The van der Waals surface area contributed by atoms with Crippen molar-refractivity contribution in [3.8, 4) is 0 Å². The standard InChI is InChI=1S/C13H27N3O2/c1-6-7-14-12(17)10(4)16-11(5)13(18)15-8-9(2)3/h9-11,16H,6-8H2,1-5H3,(H,14,17)(H,15,18). The van der Waals surface area contributed by atoms with E-state index in [1.165, 1.54) is 0 Å². The molecule has 0 aromatic carbocycles. The van der Waals surface area contributed by atoms with Crippen molar-refractivity contribution in [3.63, 3.8) is 0 Å². The number of nitrogens with one attached hydrogen (secondary N) is 3. The summed E-state index contributed by atoms with van der Waals surface area (Å²) >= 11 is 0. The summed E-state index contributed by atoms with van der Waals surface area (Å²) in [6, 6.07) is -0.734. The zero-order chi connectivity index (χ0) is 14.1. The maximum Gasteiger partial charge on any atom is 0.236 e. The first-order chi connectivity index (χ1) is 8.38. The highest BCUT2D eigenvalue weighted by molar-refractivity contribution is 5.84. The average molecular weight is 257 g/mol. The molecule has 0 aliphatic carbocycles. The van der Waals surface area contributed by atoms with Crippen molar-refractivity contribution >= 4 is 11.8 Å². The van der Waals surface area contributed by atoms with Crippen LogP contribution in [0.4, 0.5) is 0 Å². The minimum Gasteiger partial charge on any atom is -0.355 e. The average Bonchev–Trinajstić information content (AvgIpc) is 2.32. The number of hydrogen-bond acceptors (Lipinski definition) is 3. The van der Waals surface area contributed by atoms with Crippen molar-refractivity contribution in [1.29, 1.82) is 0 Å². The van der Waals surface area contributed by atoms with Crippen molar-refractivity contribution in [1.82, 2.24) is 16.0 Å². The molecule has 5 nitrogen and oxygen atoms in total. The molecule has 0 aromatic rings. The van der Waals surface area contributed by atoms with Gasteiger partial charge in [-0.1, -0.05) is 20.8 Å². The zero-order valence-electron chi connectivity index (χ0n) is 12.2. The van der Waals surface area contributed by atoms with Crippen LogP contribution in [0.2, 0.25) is 0 Å². The van der Waals surface area contributed by atoms with Crippen LogP contribution >= 0.6 is 0 Å². The molecule has 0 aromatic heterocycles. The lowest BCUT2D eigenvalue weighted by molar-refractivity contribution is -0.125. The topological polar surface area (TPSA) is 70.2 Å². The summed E-state index contributed by atoms with van der Waals surface area (Å²) in [5.74, 6) is 0.283. The minimum absolute atomic E-state index is 0.0691. The molecule has 0 saturated heterocycles. The molecule has 0 heterocycles. The quantitative estimate of drug-likeness (QED) is 0.598. The van der Waals surface area contributed by atoms with Crippen molar-refractivity contribution < 1.29 is 9.59 Å². The first kappa shape index (κ1) is 16.9.